The molecule has 4 nitrogen and oxygen atoms in total. The van der Waals surface area contributed by atoms with Gasteiger partial charge >= 0.3 is 0 Å². The quantitative estimate of drug-likeness (QED) is 0.799. The predicted molar refractivity (Wildman–Crippen MR) is 74.7 cm³/mol. The Kier molecular flexibility index (Phi) is 3.35. The number of halogens is 1. The minimum atomic E-state index is 0.596. The lowest BCUT2D eigenvalue weighted by Gasteiger charge is -2.31. The number of hydrogen-bond acceptors (Lipinski definition) is 3. The van der Waals surface area contributed by atoms with Crippen molar-refractivity contribution in [3.8, 4) is 0 Å². The maximum absolute atomic E-state index is 4.34. The second-order valence-electron chi connectivity index (χ2n) is 4.99. The minimum absolute atomic E-state index is 0.596. The Morgan fingerprint density at radius 2 is 2.22 bits per heavy atom. The van der Waals surface area contributed by atoms with E-state index in [0.29, 0.717) is 6.04 Å². The number of hydrogen-bond donors (Lipinski definition) is 0. The molecule has 5 heteroatoms. The van der Waals surface area contributed by atoms with Gasteiger partial charge in [-0.25, -0.2) is 0 Å². The summed E-state index contributed by atoms with van der Waals surface area (Å²) < 4.78 is 3.13. The van der Waals surface area contributed by atoms with E-state index >= 15 is 0 Å². The molecule has 0 N–H and O–H groups in total. The standard InChI is InChI=1S/C13H17BrN4/c1-17-8-3-2-5-10(17)9-13-16-15-12-7-4-6-11(14)18(12)13/h4,6-7,10H,2-3,5,8-9H2,1H3. The first kappa shape index (κ1) is 12.1. The molecule has 3 heterocycles. The summed E-state index contributed by atoms with van der Waals surface area (Å²) in [7, 11) is 2.21. The highest BCUT2D eigenvalue weighted by Gasteiger charge is 2.21. The molecular weight excluding hydrogens is 292 g/mol. The second kappa shape index (κ2) is 4.97. The maximum Gasteiger partial charge on any atom is 0.161 e. The summed E-state index contributed by atoms with van der Waals surface area (Å²) in [6.45, 7) is 1.20. The van der Waals surface area contributed by atoms with Crippen LogP contribution in [0.5, 0.6) is 0 Å². The largest absolute Gasteiger partial charge is 0.303 e. The molecule has 1 unspecified atom stereocenters. The van der Waals surface area contributed by atoms with Gasteiger partial charge in [-0.1, -0.05) is 12.5 Å². The molecule has 96 valence electrons. The zero-order chi connectivity index (χ0) is 12.5. The zero-order valence-electron chi connectivity index (χ0n) is 10.5. The van der Waals surface area contributed by atoms with Gasteiger partial charge in [-0.2, -0.15) is 0 Å². The van der Waals surface area contributed by atoms with Gasteiger partial charge in [-0.05, 0) is 54.5 Å². The maximum atomic E-state index is 4.34. The van der Waals surface area contributed by atoms with Crippen LogP contribution in [0.3, 0.4) is 0 Å². The summed E-state index contributed by atoms with van der Waals surface area (Å²) >= 11 is 3.58. The summed E-state index contributed by atoms with van der Waals surface area (Å²) in [6, 6.07) is 6.61. The van der Waals surface area contributed by atoms with Crippen LogP contribution in [-0.2, 0) is 6.42 Å². The summed E-state index contributed by atoms with van der Waals surface area (Å²) in [5, 5.41) is 8.58. The SMILES string of the molecule is CN1CCCCC1Cc1nnc2cccc(Br)n12. The Morgan fingerprint density at radius 3 is 3.06 bits per heavy atom. The molecule has 1 aliphatic rings. The molecule has 0 spiro atoms. The van der Waals surface area contributed by atoms with Crippen LogP contribution >= 0.6 is 15.9 Å². The third-order valence-electron chi connectivity index (χ3n) is 3.79. The van der Waals surface area contributed by atoms with E-state index in [1.807, 2.05) is 18.2 Å². The van der Waals surface area contributed by atoms with Crippen LogP contribution in [0.15, 0.2) is 22.8 Å². The highest BCUT2D eigenvalue weighted by Crippen LogP contribution is 2.20. The van der Waals surface area contributed by atoms with Crippen molar-refractivity contribution in [3.63, 3.8) is 0 Å². The summed E-state index contributed by atoms with van der Waals surface area (Å²) in [5.41, 5.74) is 0.915. The van der Waals surface area contributed by atoms with Gasteiger partial charge < -0.3 is 4.90 Å². The number of pyridine rings is 1. The molecule has 0 radical (unpaired) electrons. The highest BCUT2D eigenvalue weighted by atomic mass is 79.9. The lowest BCUT2D eigenvalue weighted by atomic mass is 10.00. The smallest absolute Gasteiger partial charge is 0.161 e. The van der Waals surface area contributed by atoms with Crippen molar-refractivity contribution in [2.24, 2.45) is 0 Å². The topological polar surface area (TPSA) is 33.4 Å². The molecule has 3 rings (SSSR count). The fraction of sp³-hybridized carbons (Fsp3) is 0.538. The Morgan fingerprint density at radius 1 is 1.33 bits per heavy atom. The van der Waals surface area contributed by atoms with Gasteiger partial charge in [0.25, 0.3) is 0 Å². The number of piperidine rings is 1. The predicted octanol–water partition coefficient (Wildman–Crippen LogP) is 2.52. The Balaban J connectivity index is 1.90. The third kappa shape index (κ3) is 2.17. The number of likely N-dealkylation sites (tertiary alicyclic amines) is 1. The first-order valence-corrected chi connectivity index (χ1v) is 7.24. The van der Waals surface area contributed by atoms with Crippen LogP contribution in [0.4, 0.5) is 0 Å². The van der Waals surface area contributed by atoms with Crippen molar-refractivity contribution in [1.82, 2.24) is 19.5 Å². The van der Waals surface area contributed by atoms with Gasteiger partial charge in [0.05, 0.1) is 4.60 Å². The average molecular weight is 309 g/mol. The van der Waals surface area contributed by atoms with Gasteiger partial charge in [0.15, 0.2) is 5.65 Å². The van der Waals surface area contributed by atoms with Crippen LogP contribution < -0.4 is 0 Å². The zero-order valence-corrected chi connectivity index (χ0v) is 12.1. The first-order chi connectivity index (χ1) is 8.75. The van der Waals surface area contributed by atoms with Gasteiger partial charge in [0, 0.05) is 12.5 Å². The molecule has 0 saturated carbocycles. The van der Waals surface area contributed by atoms with Crippen molar-refractivity contribution >= 4 is 21.6 Å². The Bertz CT molecular complexity index is 551. The number of fused-ring (bicyclic) bond motifs is 1. The lowest BCUT2D eigenvalue weighted by Crippen LogP contribution is -2.38. The van der Waals surface area contributed by atoms with Crippen molar-refractivity contribution in [1.29, 1.82) is 0 Å². The molecule has 18 heavy (non-hydrogen) atoms. The summed E-state index contributed by atoms with van der Waals surface area (Å²) in [4.78, 5) is 2.45. The number of rotatable bonds is 2. The van der Waals surface area contributed by atoms with Crippen LogP contribution in [0, 0.1) is 0 Å². The fourth-order valence-corrected chi connectivity index (χ4v) is 3.24. The van der Waals surface area contributed by atoms with E-state index in [2.05, 4.69) is 42.5 Å². The number of nitrogens with zero attached hydrogens (tertiary/aromatic N) is 4. The third-order valence-corrected chi connectivity index (χ3v) is 4.41. The fourth-order valence-electron chi connectivity index (χ4n) is 2.70. The van der Waals surface area contributed by atoms with E-state index in [-0.39, 0.29) is 0 Å². The molecule has 0 aliphatic carbocycles. The van der Waals surface area contributed by atoms with E-state index in [4.69, 9.17) is 0 Å². The Hall–Kier alpha value is -0.940. The van der Waals surface area contributed by atoms with Gasteiger partial charge in [0.1, 0.15) is 5.82 Å². The molecule has 0 aromatic carbocycles. The monoisotopic (exact) mass is 308 g/mol. The molecule has 0 bridgehead atoms. The Labute approximate surface area is 115 Å². The van der Waals surface area contributed by atoms with Crippen LogP contribution in [0.25, 0.3) is 5.65 Å². The number of likely N-dealkylation sites (N-methyl/N-ethyl adjacent to an activating group) is 1. The molecule has 2 aromatic heterocycles. The van der Waals surface area contributed by atoms with E-state index in [1.165, 1.54) is 25.8 Å². The molecule has 1 aliphatic heterocycles. The molecule has 0 amide bonds. The van der Waals surface area contributed by atoms with Crippen molar-refractivity contribution < 1.29 is 0 Å². The van der Waals surface area contributed by atoms with Crippen molar-refractivity contribution in [2.75, 3.05) is 13.6 Å². The lowest BCUT2D eigenvalue weighted by molar-refractivity contribution is 0.182. The van der Waals surface area contributed by atoms with Crippen LogP contribution in [0.1, 0.15) is 25.1 Å². The summed E-state index contributed by atoms with van der Waals surface area (Å²) in [5.74, 6) is 1.05. The van der Waals surface area contributed by atoms with Gasteiger partial charge in [-0.3, -0.25) is 4.40 Å². The molecule has 1 fully saturated rings. The highest BCUT2D eigenvalue weighted by molar-refractivity contribution is 9.10. The molecule has 1 atom stereocenters. The van der Waals surface area contributed by atoms with E-state index in [9.17, 15) is 0 Å². The molecule has 1 saturated heterocycles. The van der Waals surface area contributed by atoms with Crippen molar-refractivity contribution in [2.45, 2.75) is 31.7 Å². The van der Waals surface area contributed by atoms with Crippen LogP contribution in [-0.4, -0.2) is 39.1 Å². The number of aromatic nitrogens is 3. The first-order valence-electron chi connectivity index (χ1n) is 6.44. The van der Waals surface area contributed by atoms with Gasteiger partial charge in [-0.15, -0.1) is 10.2 Å². The van der Waals surface area contributed by atoms with Crippen LogP contribution in [0.2, 0.25) is 0 Å². The average Bonchev–Trinajstić information content (AvgIpc) is 2.77. The normalized spacial score (nSPS) is 21.6. The van der Waals surface area contributed by atoms with Gasteiger partial charge in [0.2, 0.25) is 0 Å². The second-order valence-corrected chi connectivity index (χ2v) is 5.81. The minimum Gasteiger partial charge on any atom is -0.303 e. The van der Waals surface area contributed by atoms with E-state index in [1.54, 1.807) is 0 Å². The molecular formula is C13H17BrN4. The molecule has 2 aromatic rings. The van der Waals surface area contributed by atoms with E-state index in [0.717, 1.165) is 22.5 Å². The van der Waals surface area contributed by atoms with Crippen molar-refractivity contribution in [3.05, 3.63) is 28.6 Å². The summed E-state index contributed by atoms with van der Waals surface area (Å²) in [6.07, 6.45) is 4.88. The van der Waals surface area contributed by atoms with E-state index < -0.39 is 0 Å².